The molecule has 0 aliphatic heterocycles. The quantitative estimate of drug-likeness (QED) is 0.752. The summed E-state index contributed by atoms with van der Waals surface area (Å²) in [6, 6.07) is 5.32. The third-order valence-electron chi connectivity index (χ3n) is 2.61. The number of aromatic nitrogens is 2. The van der Waals surface area contributed by atoms with Gasteiger partial charge in [0.15, 0.2) is 5.82 Å². The summed E-state index contributed by atoms with van der Waals surface area (Å²) in [5, 5.41) is 4.24. The van der Waals surface area contributed by atoms with Gasteiger partial charge in [0.25, 0.3) is 0 Å². The van der Waals surface area contributed by atoms with Gasteiger partial charge in [0, 0.05) is 22.7 Å². The van der Waals surface area contributed by atoms with Crippen molar-refractivity contribution in [2.24, 2.45) is 0 Å². The number of halogens is 3. The molecule has 1 aromatic heterocycles. The van der Waals surface area contributed by atoms with E-state index < -0.39 is 0 Å². The van der Waals surface area contributed by atoms with E-state index in [2.05, 4.69) is 44.8 Å². The number of anilines is 1. The van der Waals surface area contributed by atoms with Crippen LogP contribution in [-0.4, -0.2) is 17.0 Å². The van der Waals surface area contributed by atoms with Crippen molar-refractivity contribution >= 4 is 51.6 Å². The van der Waals surface area contributed by atoms with E-state index in [0.29, 0.717) is 15.9 Å². The fourth-order valence-corrected chi connectivity index (χ4v) is 3.12. The van der Waals surface area contributed by atoms with E-state index in [-0.39, 0.29) is 0 Å². The predicted molar refractivity (Wildman–Crippen MR) is 89.1 cm³/mol. The highest BCUT2D eigenvalue weighted by atomic mass is 127. The fraction of sp³-hybridized carbons (Fsp3) is 0.231. The smallest absolute Gasteiger partial charge is 0.161 e. The molecule has 0 aliphatic rings. The van der Waals surface area contributed by atoms with E-state index in [1.165, 1.54) is 0 Å². The largest absolute Gasteiger partial charge is 0.372 e. The molecule has 6 heteroatoms. The average Bonchev–Trinajstić information content (AvgIpc) is 2.37. The van der Waals surface area contributed by atoms with Crippen LogP contribution in [0.4, 0.5) is 5.82 Å². The normalized spacial score (nSPS) is 10.6. The molecule has 0 spiro atoms. The van der Waals surface area contributed by atoms with Crippen LogP contribution in [0, 0.1) is 3.57 Å². The Labute approximate surface area is 135 Å². The number of benzene rings is 1. The van der Waals surface area contributed by atoms with Crippen LogP contribution in [0.5, 0.6) is 0 Å². The second kappa shape index (κ2) is 6.24. The molecular formula is C13H12Cl2IN3. The van der Waals surface area contributed by atoms with E-state index in [9.17, 15) is 0 Å². The van der Waals surface area contributed by atoms with Crippen LogP contribution in [0.15, 0.2) is 18.2 Å². The molecule has 0 bridgehead atoms. The van der Waals surface area contributed by atoms with Gasteiger partial charge in [-0.1, -0.05) is 30.1 Å². The Bertz CT molecular complexity index is 572. The maximum atomic E-state index is 6.02. The Kier molecular flexibility index (Phi) is 4.86. The van der Waals surface area contributed by atoms with Crippen molar-refractivity contribution in [3.8, 4) is 11.4 Å². The molecule has 19 heavy (non-hydrogen) atoms. The van der Waals surface area contributed by atoms with Gasteiger partial charge in [-0.3, -0.25) is 0 Å². The third-order valence-corrected chi connectivity index (χ3v) is 4.18. The van der Waals surface area contributed by atoms with Crippen LogP contribution >= 0.6 is 45.8 Å². The minimum absolute atomic E-state index is 0.578. The molecule has 0 atom stereocenters. The average molecular weight is 408 g/mol. The molecule has 0 saturated heterocycles. The van der Waals surface area contributed by atoms with Gasteiger partial charge in [-0.15, -0.1) is 0 Å². The number of nitrogens with one attached hydrogen (secondary N) is 1. The number of rotatable bonds is 3. The lowest BCUT2D eigenvalue weighted by molar-refractivity contribution is 0.990. The molecule has 0 fully saturated rings. The molecule has 0 saturated carbocycles. The Morgan fingerprint density at radius 2 is 1.79 bits per heavy atom. The summed E-state index contributed by atoms with van der Waals surface area (Å²) in [5.74, 6) is 1.45. The summed E-state index contributed by atoms with van der Waals surface area (Å²) >= 11 is 14.3. The summed E-state index contributed by atoms with van der Waals surface area (Å²) < 4.78 is 1.04. The van der Waals surface area contributed by atoms with Gasteiger partial charge >= 0.3 is 0 Å². The summed E-state index contributed by atoms with van der Waals surface area (Å²) in [6.45, 7) is 2.07. The van der Waals surface area contributed by atoms with Crippen molar-refractivity contribution in [3.63, 3.8) is 0 Å². The lowest BCUT2D eigenvalue weighted by Gasteiger charge is -2.10. The zero-order valence-electron chi connectivity index (χ0n) is 10.5. The Hall–Kier alpha value is -0.590. The van der Waals surface area contributed by atoms with E-state index in [1.807, 2.05) is 19.2 Å². The maximum Gasteiger partial charge on any atom is 0.161 e. The maximum absolute atomic E-state index is 6.02. The van der Waals surface area contributed by atoms with Crippen LogP contribution in [0.25, 0.3) is 11.4 Å². The Morgan fingerprint density at radius 1 is 1.16 bits per heavy atom. The van der Waals surface area contributed by atoms with E-state index in [4.69, 9.17) is 23.2 Å². The topological polar surface area (TPSA) is 37.8 Å². The highest BCUT2D eigenvalue weighted by molar-refractivity contribution is 14.1. The monoisotopic (exact) mass is 407 g/mol. The van der Waals surface area contributed by atoms with Gasteiger partial charge in [0.2, 0.25) is 0 Å². The first-order valence-corrected chi connectivity index (χ1v) is 7.59. The van der Waals surface area contributed by atoms with Gasteiger partial charge in [-0.2, -0.15) is 0 Å². The molecule has 1 aromatic carbocycles. The second-order valence-electron chi connectivity index (χ2n) is 3.92. The third kappa shape index (κ3) is 3.30. The highest BCUT2D eigenvalue weighted by Crippen LogP contribution is 2.28. The summed E-state index contributed by atoms with van der Waals surface area (Å²) in [7, 11) is 1.85. The van der Waals surface area contributed by atoms with Gasteiger partial charge in [-0.25, -0.2) is 9.97 Å². The first-order chi connectivity index (χ1) is 9.05. The molecule has 3 nitrogen and oxygen atoms in total. The molecule has 0 amide bonds. The van der Waals surface area contributed by atoms with E-state index in [0.717, 1.165) is 27.1 Å². The number of aryl methyl sites for hydroxylation is 1. The van der Waals surface area contributed by atoms with Gasteiger partial charge in [0.1, 0.15) is 5.82 Å². The van der Waals surface area contributed by atoms with Gasteiger partial charge in [-0.05, 0) is 47.2 Å². The van der Waals surface area contributed by atoms with Crippen molar-refractivity contribution < 1.29 is 0 Å². The second-order valence-corrected chi connectivity index (χ2v) is 5.87. The zero-order valence-corrected chi connectivity index (χ0v) is 14.1. The molecule has 0 unspecified atom stereocenters. The molecular weight excluding hydrogens is 396 g/mol. The molecule has 0 aliphatic carbocycles. The van der Waals surface area contributed by atoms with E-state index in [1.54, 1.807) is 6.07 Å². The lowest BCUT2D eigenvalue weighted by atomic mass is 10.2. The summed E-state index contributed by atoms with van der Waals surface area (Å²) in [6.07, 6.45) is 0.844. The van der Waals surface area contributed by atoms with Crippen LogP contribution < -0.4 is 5.32 Å². The van der Waals surface area contributed by atoms with Crippen LogP contribution in [0.3, 0.4) is 0 Å². The highest BCUT2D eigenvalue weighted by Gasteiger charge is 2.12. The number of hydrogen-bond donors (Lipinski definition) is 1. The first kappa shape index (κ1) is 14.8. The Morgan fingerprint density at radius 3 is 2.32 bits per heavy atom. The lowest BCUT2D eigenvalue weighted by Crippen LogP contribution is -2.04. The van der Waals surface area contributed by atoms with Crippen LogP contribution in [-0.2, 0) is 6.42 Å². The van der Waals surface area contributed by atoms with Crippen LogP contribution in [0.1, 0.15) is 12.6 Å². The molecule has 0 radical (unpaired) electrons. The van der Waals surface area contributed by atoms with Crippen molar-refractivity contribution in [1.29, 1.82) is 0 Å². The number of hydrogen-bond acceptors (Lipinski definition) is 3. The van der Waals surface area contributed by atoms with E-state index >= 15 is 0 Å². The van der Waals surface area contributed by atoms with Crippen molar-refractivity contribution in [2.45, 2.75) is 13.3 Å². The SMILES string of the molecule is CCc1nc(-c2cc(Cl)cc(Cl)c2)nc(NC)c1I. The van der Waals surface area contributed by atoms with Crippen molar-refractivity contribution in [2.75, 3.05) is 12.4 Å². The molecule has 1 heterocycles. The summed E-state index contributed by atoms with van der Waals surface area (Å²) in [5.41, 5.74) is 1.83. The van der Waals surface area contributed by atoms with Gasteiger partial charge < -0.3 is 5.32 Å². The first-order valence-electron chi connectivity index (χ1n) is 5.75. The molecule has 2 aromatic rings. The molecule has 2 rings (SSSR count). The number of nitrogens with zero attached hydrogens (tertiary/aromatic N) is 2. The fourth-order valence-electron chi connectivity index (χ4n) is 1.71. The molecule has 100 valence electrons. The van der Waals surface area contributed by atoms with Gasteiger partial charge in [0.05, 0.1) is 9.26 Å². The minimum Gasteiger partial charge on any atom is -0.372 e. The van der Waals surface area contributed by atoms with Crippen molar-refractivity contribution in [1.82, 2.24) is 9.97 Å². The molecule has 1 N–H and O–H groups in total. The zero-order chi connectivity index (χ0) is 14.0. The predicted octanol–water partition coefficient (Wildman–Crippen LogP) is 4.66. The van der Waals surface area contributed by atoms with Crippen molar-refractivity contribution in [3.05, 3.63) is 37.5 Å². The minimum atomic E-state index is 0.578. The Balaban J connectivity index is 2.61. The summed E-state index contributed by atoms with van der Waals surface area (Å²) in [4.78, 5) is 9.08. The standard InChI is InChI=1S/C13H12Cl2IN3/c1-3-10-11(16)13(17-2)19-12(18-10)7-4-8(14)6-9(15)5-7/h4-6H,3H2,1-2H3,(H,17,18,19). The van der Waals surface area contributed by atoms with Crippen LogP contribution in [0.2, 0.25) is 10.0 Å².